The number of anilines is 1. The molecule has 0 atom stereocenters. The number of ether oxygens (including phenoxy) is 1. The first-order valence-electron chi connectivity index (χ1n) is 15.1. The van der Waals surface area contributed by atoms with E-state index in [0.29, 0.717) is 30.4 Å². The molecule has 16 heteroatoms. The average Bonchev–Trinajstić information content (AvgIpc) is 3.35. The highest BCUT2D eigenvalue weighted by Crippen LogP contribution is 2.38. The van der Waals surface area contributed by atoms with Gasteiger partial charge in [-0.2, -0.15) is 0 Å². The number of sulfonamides is 2. The lowest BCUT2D eigenvalue weighted by atomic mass is 10.1. The zero-order valence-corrected chi connectivity index (χ0v) is 28.8. The van der Waals surface area contributed by atoms with Crippen LogP contribution in [-0.4, -0.2) is 56.7 Å². The van der Waals surface area contributed by atoms with Gasteiger partial charge >= 0.3 is 6.36 Å². The van der Waals surface area contributed by atoms with Crippen LogP contribution < -0.4 is 10.1 Å². The molecule has 1 N–H and O–H groups in total. The van der Waals surface area contributed by atoms with E-state index in [1.54, 1.807) is 60.7 Å². The van der Waals surface area contributed by atoms with Crippen LogP contribution in [0.1, 0.15) is 50.7 Å². The standard InChI is InChI=1S/C20H19F3N2O4S.C13H14ClNO3S/c1-2-3-13-25-19(26)17(18(30(25,27)28)14-7-5-4-6-8-14)24-15-9-11-16(12-10-15)29-20(21,22)23;1-2-3-9-15-13(16)11(14)12(19(15,17)18)10-7-5-4-6-8-10/h4-12,24H,2-3,13H2,1H3;4-8H,2-3,9H2,1H3. The fourth-order valence-corrected chi connectivity index (χ4v) is 8.83. The summed E-state index contributed by atoms with van der Waals surface area (Å²) >= 11 is 5.93. The first kappa shape index (κ1) is 37.5. The number of hydrogen-bond donors (Lipinski definition) is 1. The number of amides is 2. The lowest BCUT2D eigenvalue weighted by Crippen LogP contribution is -2.33. The average molecular weight is 740 g/mol. The summed E-state index contributed by atoms with van der Waals surface area (Å²) in [4.78, 5) is 24.6. The smallest absolute Gasteiger partial charge is 0.406 e. The summed E-state index contributed by atoms with van der Waals surface area (Å²) in [7, 11) is -7.90. The van der Waals surface area contributed by atoms with Gasteiger partial charge in [0.1, 0.15) is 26.3 Å². The van der Waals surface area contributed by atoms with E-state index >= 15 is 0 Å². The highest BCUT2D eigenvalue weighted by molar-refractivity contribution is 8.00. The van der Waals surface area contributed by atoms with Gasteiger partial charge in [-0.15, -0.1) is 13.2 Å². The Hall–Kier alpha value is -4.34. The summed E-state index contributed by atoms with van der Waals surface area (Å²) < 4.78 is 93.4. The van der Waals surface area contributed by atoms with Crippen LogP contribution in [0.2, 0.25) is 0 Å². The van der Waals surface area contributed by atoms with Crippen LogP contribution in [0.5, 0.6) is 5.75 Å². The van der Waals surface area contributed by atoms with Gasteiger partial charge in [-0.3, -0.25) is 9.59 Å². The number of nitrogens with zero attached hydrogens (tertiary/aromatic N) is 2. The van der Waals surface area contributed by atoms with Crippen LogP contribution in [0.25, 0.3) is 9.81 Å². The highest BCUT2D eigenvalue weighted by Gasteiger charge is 2.45. The van der Waals surface area contributed by atoms with Gasteiger partial charge < -0.3 is 10.1 Å². The number of unbranched alkanes of at least 4 members (excludes halogenated alkanes) is 2. The van der Waals surface area contributed by atoms with E-state index in [4.69, 9.17) is 11.6 Å². The van der Waals surface area contributed by atoms with Crippen LogP contribution in [-0.2, 0) is 29.6 Å². The van der Waals surface area contributed by atoms with Crippen molar-refractivity contribution in [2.45, 2.75) is 45.9 Å². The summed E-state index contributed by atoms with van der Waals surface area (Å²) in [6.45, 7) is 4.02. The summed E-state index contributed by atoms with van der Waals surface area (Å²) in [6.07, 6.45) is -2.20. The van der Waals surface area contributed by atoms with E-state index in [2.05, 4.69) is 10.1 Å². The summed E-state index contributed by atoms with van der Waals surface area (Å²) in [6, 6.07) is 21.3. The second-order valence-corrected chi connectivity index (χ2v) is 14.7. The van der Waals surface area contributed by atoms with Crippen molar-refractivity contribution in [1.29, 1.82) is 0 Å². The number of alkyl halides is 3. The number of rotatable bonds is 11. The van der Waals surface area contributed by atoms with Crippen LogP contribution in [0.15, 0.2) is 95.7 Å². The molecule has 2 heterocycles. The molecule has 0 bridgehead atoms. The van der Waals surface area contributed by atoms with Gasteiger partial charge in [0.25, 0.3) is 31.9 Å². The van der Waals surface area contributed by atoms with E-state index < -0.39 is 44.0 Å². The molecule has 2 aliphatic rings. The van der Waals surface area contributed by atoms with Crippen LogP contribution in [0.4, 0.5) is 18.9 Å². The number of carbonyl (C=O) groups is 2. The molecule has 0 aliphatic carbocycles. The van der Waals surface area contributed by atoms with E-state index in [9.17, 15) is 39.6 Å². The molecule has 3 aromatic rings. The maximum absolute atomic E-state index is 13.1. The van der Waals surface area contributed by atoms with Crippen molar-refractivity contribution in [1.82, 2.24) is 8.61 Å². The van der Waals surface area contributed by atoms with E-state index in [1.807, 2.05) is 13.8 Å². The van der Waals surface area contributed by atoms with Gasteiger partial charge in [0.2, 0.25) is 0 Å². The van der Waals surface area contributed by atoms with Crippen molar-refractivity contribution in [3.63, 3.8) is 0 Å². The number of halogens is 4. The van der Waals surface area contributed by atoms with Crippen molar-refractivity contribution < 1.29 is 44.3 Å². The van der Waals surface area contributed by atoms with Crippen LogP contribution in [0.3, 0.4) is 0 Å². The quantitative estimate of drug-likeness (QED) is 0.225. The Bertz CT molecular complexity index is 1950. The minimum atomic E-state index is -4.83. The fourth-order valence-electron chi connectivity index (χ4n) is 4.90. The van der Waals surface area contributed by atoms with Crippen molar-refractivity contribution >= 4 is 59.0 Å². The molecule has 262 valence electrons. The van der Waals surface area contributed by atoms with Gasteiger partial charge in [0, 0.05) is 18.8 Å². The SMILES string of the molecule is CCCCN1C(=O)C(Cl)=C(c2ccccc2)S1(=O)=O.CCCCN1C(=O)C(Nc2ccc(OC(F)(F)F)cc2)=C(c2ccccc2)S1(=O)=O. The third kappa shape index (κ3) is 8.46. The lowest BCUT2D eigenvalue weighted by Gasteiger charge is -2.16. The van der Waals surface area contributed by atoms with E-state index in [1.165, 1.54) is 12.1 Å². The summed E-state index contributed by atoms with van der Waals surface area (Å²) in [5.74, 6) is -1.77. The molecule has 2 amide bonds. The monoisotopic (exact) mass is 739 g/mol. The van der Waals surface area contributed by atoms with E-state index in [-0.39, 0.29) is 39.3 Å². The van der Waals surface area contributed by atoms with Crippen molar-refractivity contribution in [3.8, 4) is 5.75 Å². The molecule has 10 nitrogen and oxygen atoms in total. The maximum atomic E-state index is 13.1. The Morgan fingerprint density at radius 2 is 1.14 bits per heavy atom. The third-order valence-corrected chi connectivity index (χ3v) is 11.5. The molecule has 2 aliphatic heterocycles. The molecular formula is C33H33ClF3N3O7S2. The first-order chi connectivity index (χ1) is 23.1. The van der Waals surface area contributed by atoms with Gasteiger partial charge in [-0.05, 0) is 48.2 Å². The first-order valence-corrected chi connectivity index (χ1v) is 18.4. The minimum Gasteiger partial charge on any atom is -0.406 e. The highest BCUT2D eigenvalue weighted by atomic mass is 35.5. The van der Waals surface area contributed by atoms with E-state index in [0.717, 1.165) is 27.2 Å². The minimum absolute atomic E-state index is 0.0392. The second-order valence-electron chi connectivity index (χ2n) is 10.7. The molecule has 0 saturated heterocycles. The number of hydrogen-bond acceptors (Lipinski definition) is 8. The second kappa shape index (κ2) is 15.5. The maximum Gasteiger partial charge on any atom is 0.573 e. The molecule has 0 aromatic heterocycles. The molecule has 49 heavy (non-hydrogen) atoms. The number of benzene rings is 3. The number of carbonyl (C=O) groups excluding carboxylic acids is 2. The normalized spacial score (nSPS) is 16.9. The van der Waals surface area contributed by atoms with Gasteiger partial charge in [0.05, 0.1) is 0 Å². The van der Waals surface area contributed by atoms with Gasteiger partial charge in [-0.25, -0.2) is 25.4 Å². The molecule has 5 rings (SSSR count). The molecule has 0 spiro atoms. The molecule has 3 aromatic carbocycles. The van der Waals surface area contributed by atoms with Crippen LogP contribution in [0, 0.1) is 0 Å². The van der Waals surface area contributed by atoms with Gasteiger partial charge in [-0.1, -0.05) is 99.0 Å². The molecule has 0 fully saturated rings. The zero-order chi connectivity index (χ0) is 36.0. The summed E-state index contributed by atoms with van der Waals surface area (Å²) in [5.41, 5.74) is 0.875. The zero-order valence-electron chi connectivity index (χ0n) is 26.4. The topological polar surface area (TPSA) is 130 Å². The fraction of sp³-hybridized carbons (Fsp3) is 0.273. The Labute approximate surface area is 287 Å². The third-order valence-electron chi connectivity index (χ3n) is 7.24. The van der Waals surface area contributed by atoms with Gasteiger partial charge in [0.15, 0.2) is 0 Å². The predicted molar refractivity (Wildman–Crippen MR) is 180 cm³/mol. The van der Waals surface area contributed by atoms with Crippen molar-refractivity contribution in [3.05, 3.63) is 107 Å². The lowest BCUT2D eigenvalue weighted by molar-refractivity contribution is -0.274. The Balaban J connectivity index is 0.000000244. The molecule has 0 unspecified atom stereocenters. The van der Waals surface area contributed by atoms with Crippen LogP contribution >= 0.6 is 11.6 Å². The molecular weight excluding hydrogens is 707 g/mol. The van der Waals surface area contributed by atoms with Crippen molar-refractivity contribution in [2.75, 3.05) is 18.4 Å². The Morgan fingerprint density at radius 3 is 1.61 bits per heavy atom. The van der Waals surface area contributed by atoms with Crippen molar-refractivity contribution in [2.24, 2.45) is 0 Å². The Kier molecular flexibility index (Phi) is 11.8. The largest absolute Gasteiger partial charge is 0.573 e. The summed E-state index contributed by atoms with van der Waals surface area (Å²) in [5, 5.41) is 2.54. The Morgan fingerprint density at radius 1 is 0.694 bits per heavy atom. The predicted octanol–water partition coefficient (Wildman–Crippen LogP) is 6.90. The molecule has 0 saturated carbocycles. The number of nitrogens with one attached hydrogen (secondary N) is 1. The molecule has 0 radical (unpaired) electrons.